The van der Waals surface area contributed by atoms with Crippen molar-refractivity contribution in [3.05, 3.63) is 0 Å². The summed E-state index contributed by atoms with van der Waals surface area (Å²) in [5.74, 6) is -0.486. The number of esters is 1. The summed E-state index contributed by atoms with van der Waals surface area (Å²) >= 11 is 4.09. The summed E-state index contributed by atoms with van der Waals surface area (Å²) in [7, 11) is 0. The highest BCUT2D eigenvalue weighted by Gasteiger charge is 2.21. The van der Waals surface area contributed by atoms with E-state index in [0.717, 1.165) is 4.90 Å². The number of rotatable bonds is 9. The van der Waals surface area contributed by atoms with Gasteiger partial charge in [0.2, 0.25) is 12.3 Å². The number of amides is 2. The van der Waals surface area contributed by atoms with Crippen LogP contribution in [0.2, 0.25) is 0 Å². The van der Waals surface area contributed by atoms with E-state index in [9.17, 15) is 14.4 Å². The smallest absolute Gasteiger partial charge is 0.308 e. The van der Waals surface area contributed by atoms with Crippen LogP contribution in [-0.4, -0.2) is 42.1 Å². The highest BCUT2D eigenvalue weighted by Crippen LogP contribution is 2.09. The molecule has 0 spiro atoms. The number of hydrogen-bond donors (Lipinski definition) is 1. The van der Waals surface area contributed by atoms with Crippen molar-refractivity contribution in [1.82, 2.24) is 4.90 Å². The summed E-state index contributed by atoms with van der Waals surface area (Å²) in [6.45, 7) is 9.86. The van der Waals surface area contributed by atoms with Gasteiger partial charge in [-0.05, 0) is 12.8 Å². The number of ether oxygens (including phenoxy) is 1. The van der Waals surface area contributed by atoms with Crippen LogP contribution in [0.3, 0.4) is 0 Å². The van der Waals surface area contributed by atoms with E-state index in [4.69, 9.17) is 4.74 Å². The van der Waals surface area contributed by atoms with E-state index in [-0.39, 0.29) is 36.9 Å². The number of hydrogen-bond acceptors (Lipinski definition) is 5. The molecule has 0 fully saturated rings. The number of thiol groups is 1. The zero-order valence-corrected chi connectivity index (χ0v) is 14.7. The quantitative estimate of drug-likeness (QED) is 0.307. The second kappa shape index (κ2) is 13.9. The summed E-state index contributed by atoms with van der Waals surface area (Å²) in [4.78, 5) is 35.1. The summed E-state index contributed by atoms with van der Waals surface area (Å²) in [6, 6.07) is 0. The topological polar surface area (TPSA) is 63.7 Å². The molecule has 5 nitrogen and oxygen atoms in total. The Morgan fingerprint density at radius 1 is 1.29 bits per heavy atom. The molecular formula is C15H29NO4S. The fourth-order valence-electron chi connectivity index (χ4n) is 1.41. The van der Waals surface area contributed by atoms with E-state index in [1.54, 1.807) is 13.8 Å². The summed E-state index contributed by atoms with van der Waals surface area (Å²) < 4.78 is 4.98. The first-order valence-corrected chi connectivity index (χ1v) is 8.14. The highest BCUT2D eigenvalue weighted by atomic mass is 32.1. The molecule has 0 saturated carbocycles. The standard InChI is InChI=1S/C13H23NO4S.C2H6/c1-4-11(8-19)12(16)14(9-15)6-5-7-18-13(17)10(2)3;1-2/h9-11,19H,4-8H2,1-3H3;1-2H3. The summed E-state index contributed by atoms with van der Waals surface area (Å²) in [5.41, 5.74) is 0. The van der Waals surface area contributed by atoms with Gasteiger partial charge in [-0.25, -0.2) is 0 Å². The maximum Gasteiger partial charge on any atom is 0.308 e. The van der Waals surface area contributed by atoms with Crippen LogP contribution in [-0.2, 0) is 19.1 Å². The Labute approximate surface area is 133 Å². The Balaban J connectivity index is 0. The molecule has 1 unspecified atom stereocenters. The van der Waals surface area contributed by atoms with Gasteiger partial charge in [-0.2, -0.15) is 12.6 Å². The molecular weight excluding hydrogens is 290 g/mol. The van der Waals surface area contributed by atoms with Crippen LogP contribution in [0.15, 0.2) is 0 Å². The van der Waals surface area contributed by atoms with E-state index in [2.05, 4.69) is 12.6 Å². The molecule has 0 bridgehead atoms. The van der Waals surface area contributed by atoms with Gasteiger partial charge in [0.1, 0.15) is 0 Å². The van der Waals surface area contributed by atoms with E-state index < -0.39 is 0 Å². The molecule has 0 rings (SSSR count). The van der Waals surface area contributed by atoms with Gasteiger partial charge in [-0.15, -0.1) is 0 Å². The Kier molecular flexibility index (Phi) is 14.7. The number of imide groups is 1. The van der Waals surface area contributed by atoms with Crippen molar-refractivity contribution in [2.24, 2.45) is 11.8 Å². The van der Waals surface area contributed by atoms with Gasteiger partial charge in [-0.3, -0.25) is 19.3 Å². The van der Waals surface area contributed by atoms with Gasteiger partial charge < -0.3 is 4.74 Å². The second-order valence-electron chi connectivity index (χ2n) is 4.60. The average Bonchev–Trinajstić information content (AvgIpc) is 2.50. The van der Waals surface area contributed by atoms with Gasteiger partial charge in [0, 0.05) is 18.2 Å². The van der Waals surface area contributed by atoms with Crippen molar-refractivity contribution in [3.63, 3.8) is 0 Å². The van der Waals surface area contributed by atoms with Gasteiger partial charge in [0.25, 0.3) is 0 Å². The first-order valence-electron chi connectivity index (χ1n) is 7.51. The highest BCUT2D eigenvalue weighted by molar-refractivity contribution is 7.80. The van der Waals surface area contributed by atoms with Crippen molar-refractivity contribution in [2.45, 2.75) is 47.5 Å². The zero-order valence-electron chi connectivity index (χ0n) is 13.8. The molecule has 0 heterocycles. The Morgan fingerprint density at radius 3 is 2.24 bits per heavy atom. The van der Waals surface area contributed by atoms with Crippen LogP contribution in [0.1, 0.15) is 47.5 Å². The average molecular weight is 319 g/mol. The molecule has 0 saturated heterocycles. The third-order valence-electron chi connectivity index (χ3n) is 2.73. The van der Waals surface area contributed by atoms with Crippen molar-refractivity contribution < 1.29 is 19.1 Å². The second-order valence-corrected chi connectivity index (χ2v) is 4.97. The van der Waals surface area contributed by atoms with Crippen molar-refractivity contribution >= 4 is 30.9 Å². The largest absolute Gasteiger partial charge is 0.465 e. The maximum absolute atomic E-state index is 11.9. The van der Waals surface area contributed by atoms with E-state index in [0.29, 0.717) is 25.0 Å². The minimum atomic E-state index is -0.272. The maximum atomic E-state index is 11.9. The number of carbonyl (C=O) groups excluding carboxylic acids is 3. The minimum Gasteiger partial charge on any atom is -0.465 e. The van der Waals surface area contributed by atoms with Crippen molar-refractivity contribution in [2.75, 3.05) is 18.9 Å². The summed E-state index contributed by atoms with van der Waals surface area (Å²) in [5, 5.41) is 0. The van der Waals surface area contributed by atoms with Crippen LogP contribution in [0.5, 0.6) is 0 Å². The zero-order chi connectivity index (χ0) is 16.8. The first kappa shape index (κ1) is 22.2. The van der Waals surface area contributed by atoms with Crippen molar-refractivity contribution in [1.29, 1.82) is 0 Å². The van der Waals surface area contributed by atoms with E-state index in [1.165, 1.54) is 0 Å². The number of nitrogens with zero attached hydrogens (tertiary/aromatic N) is 1. The molecule has 6 heteroatoms. The van der Waals surface area contributed by atoms with Gasteiger partial charge in [0.05, 0.1) is 12.5 Å². The molecule has 0 aliphatic heterocycles. The lowest BCUT2D eigenvalue weighted by molar-refractivity contribution is -0.147. The van der Waals surface area contributed by atoms with Crippen molar-refractivity contribution in [3.8, 4) is 0 Å². The van der Waals surface area contributed by atoms with Crippen LogP contribution >= 0.6 is 12.6 Å². The van der Waals surface area contributed by atoms with Crippen LogP contribution in [0.25, 0.3) is 0 Å². The van der Waals surface area contributed by atoms with Gasteiger partial charge in [-0.1, -0.05) is 34.6 Å². The molecule has 2 amide bonds. The molecule has 0 N–H and O–H groups in total. The minimum absolute atomic E-state index is 0.169. The lowest BCUT2D eigenvalue weighted by Crippen LogP contribution is -2.37. The third-order valence-corrected chi connectivity index (χ3v) is 3.17. The molecule has 0 aliphatic carbocycles. The normalized spacial score (nSPS) is 11.2. The molecule has 124 valence electrons. The summed E-state index contributed by atoms with van der Waals surface area (Å²) in [6.07, 6.45) is 1.62. The molecule has 21 heavy (non-hydrogen) atoms. The Bertz CT molecular complexity index is 304. The third kappa shape index (κ3) is 9.50. The molecule has 0 aliphatic rings. The Hall–Kier alpha value is -1.04. The van der Waals surface area contributed by atoms with E-state index >= 15 is 0 Å². The van der Waals surface area contributed by atoms with E-state index in [1.807, 2.05) is 20.8 Å². The van der Waals surface area contributed by atoms with Crippen LogP contribution in [0, 0.1) is 11.8 Å². The van der Waals surface area contributed by atoms with Gasteiger partial charge >= 0.3 is 5.97 Å². The SMILES string of the molecule is CC.CCC(CS)C(=O)N(C=O)CCCOC(=O)C(C)C. The number of carbonyl (C=O) groups is 3. The van der Waals surface area contributed by atoms with Crippen LogP contribution in [0.4, 0.5) is 0 Å². The predicted molar refractivity (Wildman–Crippen MR) is 87.2 cm³/mol. The molecule has 1 atom stereocenters. The monoisotopic (exact) mass is 319 g/mol. The Morgan fingerprint density at radius 2 is 1.86 bits per heavy atom. The molecule has 0 radical (unpaired) electrons. The lowest BCUT2D eigenvalue weighted by atomic mass is 10.1. The van der Waals surface area contributed by atoms with Crippen LogP contribution < -0.4 is 0 Å². The fourth-order valence-corrected chi connectivity index (χ4v) is 1.82. The fraction of sp³-hybridized carbons (Fsp3) is 0.800. The predicted octanol–water partition coefficient (Wildman–Crippen LogP) is 2.54. The first-order chi connectivity index (χ1) is 9.97. The molecule has 0 aromatic heterocycles. The lowest BCUT2D eigenvalue weighted by Gasteiger charge is -2.20. The molecule has 0 aromatic carbocycles. The molecule has 0 aromatic rings. The van der Waals surface area contributed by atoms with Gasteiger partial charge in [0.15, 0.2) is 0 Å².